The highest BCUT2D eigenvalue weighted by molar-refractivity contribution is 7.98. The Balaban J connectivity index is 4.39. The van der Waals surface area contributed by atoms with Crippen LogP contribution < -0.4 is 16.0 Å². The molecule has 0 spiro atoms. The lowest BCUT2D eigenvalue weighted by atomic mass is 10.1. The van der Waals surface area contributed by atoms with Gasteiger partial charge in [-0.3, -0.25) is 4.79 Å². The molecular formula is C13H25N3O4S. The van der Waals surface area contributed by atoms with Gasteiger partial charge < -0.3 is 21.1 Å². The van der Waals surface area contributed by atoms with Crippen LogP contribution in [0.5, 0.6) is 0 Å². The first-order valence-corrected chi connectivity index (χ1v) is 8.07. The first-order valence-electron chi connectivity index (χ1n) is 6.67. The lowest BCUT2D eigenvalue weighted by Crippen LogP contribution is -2.54. The second-order valence-corrected chi connectivity index (χ2v) is 6.74. The highest BCUT2D eigenvalue weighted by Crippen LogP contribution is 2.02. The van der Waals surface area contributed by atoms with Crippen LogP contribution >= 0.6 is 11.8 Å². The molecule has 0 aliphatic rings. The Morgan fingerprint density at radius 3 is 2.19 bits per heavy atom. The van der Waals surface area contributed by atoms with E-state index in [1.54, 1.807) is 6.92 Å². The molecule has 0 heterocycles. The SMILES string of the molecule is CSCC[C@H](NC(=O)NC(C)C(=O)NC(C)(C)C)C(=O)O. The third-order valence-electron chi connectivity index (χ3n) is 2.45. The van der Waals surface area contributed by atoms with Gasteiger partial charge in [-0.05, 0) is 46.1 Å². The van der Waals surface area contributed by atoms with Crippen molar-refractivity contribution in [1.82, 2.24) is 16.0 Å². The Labute approximate surface area is 129 Å². The number of urea groups is 1. The van der Waals surface area contributed by atoms with Gasteiger partial charge in [-0.25, -0.2) is 9.59 Å². The molecule has 0 bridgehead atoms. The summed E-state index contributed by atoms with van der Waals surface area (Å²) in [6.45, 7) is 7.04. The number of amides is 3. The third-order valence-corrected chi connectivity index (χ3v) is 3.10. The van der Waals surface area contributed by atoms with Crippen molar-refractivity contribution in [1.29, 1.82) is 0 Å². The number of carbonyl (C=O) groups excluding carboxylic acids is 2. The standard InChI is InChI=1S/C13H25N3O4S/c1-8(10(17)16-13(2,3)4)14-12(20)15-9(11(18)19)6-7-21-5/h8-9H,6-7H2,1-5H3,(H,16,17)(H,18,19)(H2,14,15,20)/t8?,9-/m0/s1. The largest absolute Gasteiger partial charge is 0.480 e. The fourth-order valence-corrected chi connectivity index (χ4v) is 1.90. The number of nitrogens with one attached hydrogen (secondary N) is 3. The molecule has 0 aliphatic heterocycles. The van der Waals surface area contributed by atoms with Gasteiger partial charge in [0.25, 0.3) is 0 Å². The van der Waals surface area contributed by atoms with Crippen LogP contribution in [-0.4, -0.2) is 52.6 Å². The van der Waals surface area contributed by atoms with E-state index >= 15 is 0 Å². The van der Waals surface area contributed by atoms with E-state index in [-0.39, 0.29) is 5.91 Å². The molecule has 7 nitrogen and oxygen atoms in total. The molecule has 0 aromatic carbocycles. The molecule has 0 saturated carbocycles. The summed E-state index contributed by atoms with van der Waals surface area (Å²) in [5.41, 5.74) is -0.397. The number of aliphatic carboxylic acids is 1. The summed E-state index contributed by atoms with van der Waals surface area (Å²) < 4.78 is 0. The molecule has 4 N–H and O–H groups in total. The van der Waals surface area contributed by atoms with Crippen molar-refractivity contribution in [3.63, 3.8) is 0 Å². The van der Waals surface area contributed by atoms with Crippen molar-refractivity contribution < 1.29 is 19.5 Å². The van der Waals surface area contributed by atoms with Crippen molar-refractivity contribution in [2.75, 3.05) is 12.0 Å². The van der Waals surface area contributed by atoms with Gasteiger partial charge in [-0.15, -0.1) is 0 Å². The van der Waals surface area contributed by atoms with Crippen LogP contribution in [0.1, 0.15) is 34.1 Å². The summed E-state index contributed by atoms with van der Waals surface area (Å²) in [6, 6.07) is -2.38. The maximum atomic E-state index is 11.8. The van der Waals surface area contributed by atoms with Gasteiger partial charge in [0.05, 0.1) is 0 Å². The van der Waals surface area contributed by atoms with Gasteiger partial charge in [-0.2, -0.15) is 11.8 Å². The first kappa shape index (κ1) is 19.6. The summed E-state index contributed by atoms with van der Waals surface area (Å²) in [6.07, 6.45) is 2.18. The zero-order valence-electron chi connectivity index (χ0n) is 13.1. The minimum Gasteiger partial charge on any atom is -0.480 e. The van der Waals surface area contributed by atoms with Crippen LogP contribution in [0.4, 0.5) is 4.79 Å². The molecule has 0 aromatic heterocycles. The van der Waals surface area contributed by atoms with Gasteiger partial charge in [0.1, 0.15) is 12.1 Å². The molecule has 0 rings (SSSR count). The van der Waals surface area contributed by atoms with Crippen LogP contribution in [0.3, 0.4) is 0 Å². The number of carboxylic acids is 1. The molecule has 3 amide bonds. The number of hydrogen-bond donors (Lipinski definition) is 4. The smallest absolute Gasteiger partial charge is 0.326 e. The van der Waals surface area contributed by atoms with E-state index in [4.69, 9.17) is 5.11 Å². The summed E-state index contributed by atoms with van der Waals surface area (Å²) in [7, 11) is 0. The third kappa shape index (κ3) is 9.17. The van der Waals surface area contributed by atoms with Crippen molar-refractivity contribution in [2.45, 2.75) is 51.7 Å². The van der Waals surface area contributed by atoms with E-state index < -0.39 is 29.6 Å². The number of thioether (sulfide) groups is 1. The van der Waals surface area contributed by atoms with E-state index in [1.807, 2.05) is 27.0 Å². The molecule has 2 atom stereocenters. The molecule has 1 unspecified atom stereocenters. The first-order chi connectivity index (χ1) is 9.56. The number of rotatable bonds is 7. The fraction of sp³-hybridized carbons (Fsp3) is 0.769. The number of carboxylic acid groups (broad SMARTS) is 1. The average molecular weight is 319 g/mol. The van der Waals surface area contributed by atoms with E-state index in [2.05, 4.69) is 16.0 Å². The predicted octanol–water partition coefficient (Wildman–Crippen LogP) is 0.795. The molecule has 0 aliphatic carbocycles. The molecule has 0 saturated heterocycles. The monoisotopic (exact) mass is 319 g/mol. The van der Waals surface area contributed by atoms with Crippen LogP contribution in [0.25, 0.3) is 0 Å². The molecule has 8 heteroatoms. The molecule has 0 radical (unpaired) electrons. The minimum absolute atomic E-state index is 0.325. The van der Waals surface area contributed by atoms with Crippen LogP contribution in [0.2, 0.25) is 0 Å². The van der Waals surface area contributed by atoms with Gasteiger partial charge in [-0.1, -0.05) is 0 Å². The summed E-state index contributed by atoms with van der Waals surface area (Å²) in [5.74, 6) is -0.795. The van der Waals surface area contributed by atoms with E-state index in [9.17, 15) is 14.4 Å². The normalized spacial score (nSPS) is 14.0. The van der Waals surface area contributed by atoms with E-state index in [1.165, 1.54) is 11.8 Å². The van der Waals surface area contributed by atoms with Gasteiger partial charge in [0.2, 0.25) is 5.91 Å². The van der Waals surface area contributed by atoms with Crippen LogP contribution in [0.15, 0.2) is 0 Å². The lowest BCUT2D eigenvalue weighted by molar-refractivity contribution is -0.139. The maximum Gasteiger partial charge on any atom is 0.326 e. The highest BCUT2D eigenvalue weighted by atomic mass is 32.2. The second kappa shape index (κ2) is 8.76. The molecule has 0 fully saturated rings. The number of carbonyl (C=O) groups is 3. The van der Waals surface area contributed by atoms with Gasteiger partial charge in [0.15, 0.2) is 0 Å². The Kier molecular flexibility index (Phi) is 8.16. The van der Waals surface area contributed by atoms with Crippen LogP contribution in [-0.2, 0) is 9.59 Å². The molecular weight excluding hydrogens is 294 g/mol. The minimum atomic E-state index is -1.09. The Morgan fingerprint density at radius 1 is 1.19 bits per heavy atom. The van der Waals surface area contributed by atoms with Crippen molar-refractivity contribution in [2.24, 2.45) is 0 Å². The quantitative estimate of drug-likeness (QED) is 0.555. The Hall–Kier alpha value is -1.44. The van der Waals surface area contributed by atoms with Gasteiger partial charge >= 0.3 is 12.0 Å². The summed E-state index contributed by atoms with van der Waals surface area (Å²) >= 11 is 1.50. The Morgan fingerprint density at radius 2 is 1.76 bits per heavy atom. The highest BCUT2D eigenvalue weighted by Gasteiger charge is 2.23. The maximum absolute atomic E-state index is 11.8. The van der Waals surface area contributed by atoms with Crippen molar-refractivity contribution >= 4 is 29.7 Å². The van der Waals surface area contributed by atoms with E-state index in [0.29, 0.717) is 12.2 Å². The Bertz CT molecular complexity index is 382. The fourth-order valence-electron chi connectivity index (χ4n) is 1.43. The number of hydrogen-bond acceptors (Lipinski definition) is 4. The second-order valence-electron chi connectivity index (χ2n) is 5.75. The summed E-state index contributed by atoms with van der Waals surface area (Å²) in [4.78, 5) is 34.6. The average Bonchev–Trinajstić information content (AvgIpc) is 2.31. The zero-order valence-corrected chi connectivity index (χ0v) is 14.0. The zero-order chi connectivity index (χ0) is 16.6. The summed E-state index contributed by atoms with van der Waals surface area (Å²) in [5, 5.41) is 16.5. The van der Waals surface area contributed by atoms with E-state index in [0.717, 1.165) is 0 Å². The molecule has 122 valence electrons. The van der Waals surface area contributed by atoms with Crippen LogP contribution in [0, 0.1) is 0 Å². The van der Waals surface area contributed by atoms with Crippen molar-refractivity contribution in [3.8, 4) is 0 Å². The predicted molar refractivity (Wildman–Crippen MR) is 83.4 cm³/mol. The molecule has 21 heavy (non-hydrogen) atoms. The lowest BCUT2D eigenvalue weighted by Gasteiger charge is -2.24. The van der Waals surface area contributed by atoms with Gasteiger partial charge in [0, 0.05) is 5.54 Å². The van der Waals surface area contributed by atoms with Crippen molar-refractivity contribution in [3.05, 3.63) is 0 Å². The topological polar surface area (TPSA) is 108 Å². The molecule has 0 aromatic rings.